The molecule has 0 spiro atoms. The number of benzene rings is 1. The van der Waals surface area contributed by atoms with Crippen LogP contribution in [0, 0.1) is 0 Å². The van der Waals surface area contributed by atoms with Crippen LogP contribution in [0.4, 0.5) is 10.6 Å². The fourth-order valence-electron chi connectivity index (χ4n) is 4.62. The monoisotopic (exact) mass is 520 g/mol. The normalized spacial score (nSPS) is 15.5. The maximum atomic E-state index is 12.9. The molecule has 1 saturated heterocycles. The standard InChI is InChI=1S/C27H32N6O5/c1-3-17-13-14-29-21(16-17)30-25(34)19-11-9-18(10-12-19)22-23(26(35)38-4-2)33(28)24(31-22)20-8-6-5-7-15-32(20)27(36)37/h9-14,16,20H,3-8,15,28H2,1-2H3,(H,36,37)(H,29,30,34). The first-order valence-corrected chi connectivity index (χ1v) is 12.7. The Morgan fingerprint density at radius 1 is 1.13 bits per heavy atom. The number of hydrogen-bond donors (Lipinski definition) is 3. The molecule has 1 aliphatic rings. The molecule has 1 atom stereocenters. The fraction of sp³-hybridized carbons (Fsp3) is 0.370. The lowest BCUT2D eigenvalue weighted by Crippen LogP contribution is -2.36. The van der Waals surface area contributed by atoms with Crippen LogP contribution in [0.15, 0.2) is 42.6 Å². The number of rotatable bonds is 7. The highest BCUT2D eigenvalue weighted by Gasteiger charge is 2.34. The summed E-state index contributed by atoms with van der Waals surface area (Å²) in [5, 5.41) is 12.6. The molecule has 4 rings (SSSR count). The Bertz CT molecular complexity index is 1320. The van der Waals surface area contributed by atoms with Gasteiger partial charge in [0, 0.05) is 23.9 Å². The van der Waals surface area contributed by atoms with Gasteiger partial charge in [0.15, 0.2) is 11.5 Å². The number of ether oxygens (including phenoxy) is 1. The summed E-state index contributed by atoms with van der Waals surface area (Å²) in [5.74, 6) is 6.11. The average Bonchev–Trinajstić information content (AvgIpc) is 3.08. The maximum Gasteiger partial charge on any atom is 0.407 e. The molecule has 11 heteroatoms. The van der Waals surface area contributed by atoms with Crippen LogP contribution in [0.25, 0.3) is 11.3 Å². The van der Waals surface area contributed by atoms with Crippen LogP contribution in [-0.4, -0.2) is 55.8 Å². The molecule has 200 valence electrons. The number of nitrogens with one attached hydrogen (secondary N) is 1. The molecule has 0 radical (unpaired) electrons. The lowest BCUT2D eigenvalue weighted by atomic mass is 10.1. The largest absolute Gasteiger partial charge is 0.465 e. The number of carbonyl (C=O) groups is 3. The van der Waals surface area contributed by atoms with Gasteiger partial charge in [0.05, 0.1) is 12.6 Å². The number of aromatic nitrogens is 3. The molecular formula is C27H32N6O5. The first kappa shape index (κ1) is 26.6. The Labute approximate surface area is 220 Å². The second-order valence-corrected chi connectivity index (χ2v) is 9.03. The van der Waals surface area contributed by atoms with Gasteiger partial charge in [0.2, 0.25) is 0 Å². The molecule has 2 amide bonds. The van der Waals surface area contributed by atoms with Crippen molar-refractivity contribution in [3.05, 3.63) is 65.2 Å². The highest BCUT2D eigenvalue weighted by molar-refractivity contribution is 6.04. The molecule has 3 heterocycles. The molecular weight excluding hydrogens is 488 g/mol. The third kappa shape index (κ3) is 5.61. The first-order valence-electron chi connectivity index (χ1n) is 12.7. The predicted molar refractivity (Wildman–Crippen MR) is 141 cm³/mol. The van der Waals surface area contributed by atoms with Crippen LogP contribution in [-0.2, 0) is 11.2 Å². The van der Waals surface area contributed by atoms with Crippen molar-refractivity contribution in [2.45, 2.75) is 52.0 Å². The van der Waals surface area contributed by atoms with Crippen LogP contribution in [0.2, 0.25) is 0 Å². The molecule has 11 nitrogen and oxygen atoms in total. The van der Waals surface area contributed by atoms with E-state index in [1.165, 1.54) is 4.90 Å². The molecule has 1 aromatic carbocycles. The smallest absolute Gasteiger partial charge is 0.407 e. The summed E-state index contributed by atoms with van der Waals surface area (Å²) in [5.41, 5.74) is 2.27. The van der Waals surface area contributed by atoms with Crippen molar-refractivity contribution < 1.29 is 24.2 Å². The second kappa shape index (κ2) is 11.8. The number of nitrogens with two attached hydrogens (primary N) is 1. The lowest BCUT2D eigenvalue weighted by Gasteiger charge is -2.26. The highest BCUT2D eigenvalue weighted by atomic mass is 16.5. The van der Waals surface area contributed by atoms with E-state index in [4.69, 9.17) is 10.6 Å². The number of carbonyl (C=O) groups excluding carboxylic acids is 2. The molecule has 3 aromatic rings. The van der Waals surface area contributed by atoms with Crippen LogP contribution >= 0.6 is 0 Å². The third-order valence-electron chi connectivity index (χ3n) is 6.60. The summed E-state index contributed by atoms with van der Waals surface area (Å²) < 4.78 is 6.38. The van der Waals surface area contributed by atoms with E-state index in [1.54, 1.807) is 37.4 Å². The molecule has 1 fully saturated rings. The van der Waals surface area contributed by atoms with Gasteiger partial charge in [-0.2, -0.15) is 0 Å². The van der Waals surface area contributed by atoms with Crippen molar-refractivity contribution in [3.63, 3.8) is 0 Å². The zero-order valence-corrected chi connectivity index (χ0v) is 21.5. The number of hydrogen-bond acceptors (Lipinski definition) is 7. The maximum absolute atomic E-state index is 12.9. The topological polar surface area (TPSA) is 153 Å². The zero-order chi connectivity index (χ0) is 27.2. The fourth-order valence-corrected chi connectivity index (χ4v) is 4.62. The van der Waals surface area contributed by atoms with Crippen molar-refractivity contribution in [2.24, 2.45) is 0 Å². The Kier molecular flexibility index (Phi) is 8.25. The number of amides is 2. The Morgan fingerprint density at radius 2 is 1.89 bits per heavy atom. The van der Waals surface area contributed by atoms with E-state index < -0.39 is 18.1 Å². The molecule has 1 aliphatic heterocycles. The zero-order valence-electron chi connectivity index (χ0n) is 21.5. The molecule has 2 aromatic heterocycles. The molecule has 0 bridgehead atoms. The average molecular weight is 521 g/mol. The summed E-state index contributed by atoms with van der Waals surface area (Å²) in [7, 11) is 0. The number of imidazole rings is 1. The van der Waals surface area contributed by atoms with Crippen LogP contribution in [0.3, 0.4) is 0 Å². The van der Waals surface area contributed by atoms with E-state index in [0.717, 1.165) is 35.9 Å². The first-order chi connectivity index (χ1) is 18.3. The van der Waals surface area contributed by atoms with E-state index in [2.05, 4.69) is 15.3 Å². The molecule has 0 saturated carbocycles. The van der Waals surface area contributed by atoms with Gasteiger partial charge >= 0.3 is 12.1 Å². The van der Waals surface area contributed by atoms with E-state index in [0.29, 0.717) is 29.9 Å². The van der Waals surface area contributed by atoms with Crippen molar-refractivity contribution in [2.75, 3.05) is 24.3 Å². The van der Waals surface area contributed by atoms with Gasteiger partial charge in [-0.15, -0.1) is 0 Å². The van der Waals surface area contributed by atoms with E-state index in [1.807, 2.05) is 19.1 Å². The summed E-state index contributed by atoms with van der Waals surface area (Å²) in [4.78, 5) is 47.9. The van der Waals surface area contributed by atoms with E-state index >= 15 is 0 Å². The van der Waals surface area contributed by atoms with Crippen LogP contribution in [0.1, 0.15) is 77.8 Å². The third-order valence-corrected chi connectivity index (χ3v) is 6.60. The summed E-state index contributed by atoms with van der Waals surface area (Å²) in [6, 6.07) is 9.69. The quantitative estimate of drug-likeness (QED) is 0.309. The Balaban J connectivity index is 1.67. The van der Waals surface area contributed by atoms with Gasteiger partial charge in [0.1, 0.15) is 11.5 Å². The predicted octanol–water partition coefficient (Wildman–Crippen LogP) is 4.25. The van der Waals surface area contributed by atoms with Crippen molar-refractivity contribution in [1.82, 2.24) is 19.5 Å². The van der Waals surface area contributed by atoms with Gasteiger partial charge in [-0.3, -0.25) is 9.69 Å². The number of pyridine rings is 1. The van der Waals surface area contributed by atoms with Gasteiger partial charge in [-0.1, -0.05) is 31.9 Å². The number of carboxylic acid groups (broad SMARTS) is 1. The van der Waals surface area contributed by atoms with Gasteiger partial charge < -0.3 is 21.0 Å². The van der Waals surface area contributed by atoms with Crippen molar-refractivity contribution in [3.8, 4) is 11.3 Å². The van der Waals surface area contributed by atoms with E-state index in [9.17, 15) is 19.5 Å². The number of nitrogens with zero attached hydrogens (tertiary/aromatic N) is 4. The summed E-state index contributed by atoms with van der Waals surface area (Å²) in [6.45, 7) is 4.20. The van der Waals surface area contributed by atoms with Gasteiger partial charge in [0.25, 0.3) is 5.91 Å². The van der Waals surface area contributed by atoms with Crippen molar-refractivity contribution >= 4 is 23.8 Å². The summed E-state index contributed by atoms with van der Waals surface area (Å²) in [6.07, 6.45) is 4.39. The molecule has 38 heavy (non-hydrogen) atoms. The lowest BCUT2D eigenvalue weighted by molar-refractivity contribution is 0.0516. The van der Waals surface area contributed by atoms with E-state index in [-0.39, 0.29) is 29.7 Å². The highest BCUT2D eigenvalue weighted by Crippen LogP contribution is 2.33. The number of anilines is 1. The van der Waals surface area contributed by atoms with Crippen molar-refractivity contribution in [1.29, 1.82) is 0 Å². The minimum Gasteiger partial charge on any atom is -0.465 e. The Hall–Kier alpha value is -4.41. The molecule has 0 aliphatic carbocycles. The number of nitrogen functional groups attached to an aromatic ring is 1. The molecule has 1 unspecified atom stereocenters. The Morgan fingerprint density at radius 3 is 2.58 bits per heavy atom. The van der Waals surface area contributed by atoms with Gasteiger partial charge in [-0.05, 0) is 56.0 Å². The number of likely N-dealkylation sites (tertiary alicyclic amines) is 1. The molecule has 4 N–H and O–H groups in total. The summed E-state index contributed by atoms with van der Waals surface area (Å²) >= 11 is 0. The number of esters is 1. The number of aryl methyl sites for hydroxylation is 1. The minimum absolute atomic E-state index is 0.0224. The minimum atomic E-state index is -1.06. The van der Waals surface area contributed by atoms with Crippen LogP contribution < -0.4 is 11.2 Å². The SMILES string of the molecule is CCOC(=O)c1c(-c2ccc(C(=O)Nc3cc(CC)ccn3)cc2)nc(C2CCCCCN2C(=O)O)n1N. The second-order valence-electron chi connectivity index (χ2n) is 9.03. The van der Waals surface area contributed by atoms with Crippen LogP contribution in [0.5, 0.6) is 0 Å². The van der Waals surface area contributed by atoms with Gasteiger partial charge in [-0.25, -0.2) is 24.2 Å².